The monoisotopic (exact) mass is 436 g/mol. The van der Waals surface area contributed by atoms with Crippen molar-refractivity contribution in [2.24, 2.45) is 5.92 Å². The van der Waals surface area contributed by atoms with E-state index in [0.29, 0.717) is 61.0 Å². The van der Waals surface area contributed by atoms with Crippen LogP contribution in [0.15, 0.2) is 48.0 Å². The van der Waals surface area contributed by atoms with E-state index < -0.39 is 0 Å². The number of nitrogens with one attached hydrogen (secondary N) is 1. The second kappa shape index (κ2) is 9.77. The first-order valence-corrected chi connectivity index (χ1v) is 10.9. The average molecular weight is 437 g/mol. The molecule has 0 bridgehead atoms. The minimum absolute atomic E-state index is 0.0407. The van der Waals surface area contributed by atoms with Crippen molar-refractivity contribution in [2.75, 3.05) is 38.7 Å². The third-order valence-electron chi connectivity index (χ3n) is 5.80. The van der Waals surface area contributed by atoms with Gasteiger partial charge in [0.25, 0.3) is 5.91 Å². The second-order valence-corrected chi connectivity index (χ2v) is 7.82. The number of rotatable bonds is 6. The number of fused-ring (bicyclic) bond motifs is 1. The van der Waals surface area contributed by atoms with Crippen LogP contribution >= 0.6 is 0 Å². The van der Waals surface area contributed by atoms with E-state index in [1.165, 1.54) is 0 Å². The fraction of sp³-hybridized carbons (Fsp3) is 0.360. The summed E-state index contributed by atoms with van der Waals surface area (Å²) in [5.74, 6) is 1.77. The molecule has 0 aliphatic carbocycles. The number of benzene rings is 2. The van der Waals surface area contributed by atoms with E-state index in [0.717, 1.165) is 5.56 Å². The Hall–Kier alpha value is -3.48. The van der Waals surface area contributed by atoms with Crippen LogP contribution in [0.3, 0.4) is 0 Å². The molecule has 2 aromatic carbocycles. The highest BCUT2D eigenvalue weighted by Gasteiger charge is 2.30. The molecule has 4 rings (SSSR count). The molecule has 1 saturated heterocycles. The van der Waals surface area contributed by atoms with E-state index in [4.69, 9.17) is 14.2 Å². The number of nitrogens with zero attached hydrogens (tertiary/aromatic N) is 1. The minimum atomic E-state index is -0.143. The molecule has 0 unspecified atom stereocenters. The van der Waals surface area contributed by atoms with E-state index in [-0.39, 0.29) is 24.3 Å². The smallest absolute Gasteiger partial charge is 0.253 e. The standard InChI is InChI=1S/C25H28N2O5/c1-3-31-22-10-6-7-18-15-19(16-32-23(18)22)25(29)27-13-11-17(12-14-27)24(28)26-20-8-4-5-9-21(20)30-2/h4-10,15,17H,3,11-14,16H2,1-2H3,(H,26,28). The number of anilines is 1. The van der Waals surface area contributed by atoms with Gasteiger partial charge in [-0.05, 0) is 44.0 Å². The van der Waals surface area contributed by atoms with Gasteiger partial charge in [-0.25, -0.2) is 0 Å². The Morgan fingerprint density at radius 2 is 1.84 bits per heavy atom. The van der Waals surface area contributed by atoms with Crippen molar-refractivity contribution in [3.05, 3.63) is 53.6 Å². The summed E-state index contributed by atoms with van der Waals surface area (Å²) in [6.45, 7) is 3.75. The van der Waals surface area contributed by atoms with E-state index >= 15 is 0 Å². The zero-order valence-corrected chi connectivity index (χ0v) is 18.4. The lowest BCUT2D eigenvalue weighted by Gasteiger charge is -2.32. The summed E-state index contributed by atoms with van der Waals surface area (Å²) in [7, 11) is 1.58. The van der Waals surface area contributed by atoms with Gasteiger partial charge in [0.2, 0.25) is 5.91 Å². The number of para-hydroxylation sites is 3. The van der Waals surface area contributed by atoms with Crippen LogP contribution in [0.25, 0.3) is 6.08 Å². The molecule has 7 heteroatoms. The number of hydrogen-bond donors (Lipinski definition) is 1. The van der Waals surface area contributed by atoms with Gasteiger partial charge in [0.15, 0.2) is 11.5 Å². The van der Waals surface area contributed by atoms with Crippen molar-refractivity contribution < 1.29 is 23.8 Å². The first-order valence-electron chi connectivity index (χ1n) is 10.9. The number of methoxy groups -OCH3 is 1. The maximum atomic E-state index is 13.1. The molecule has 0 radical (unpaired) electrons. The quantitative estimate of drug-likeness (QED) is 0.746. The first-order chi connectivity index (χ1) is 15.6. The van der Waals surface area contributed by atoms with E-state index in [1.807, 2.05) is 55.5 Å². The topological polar surface area (TPSA) is 77.1 Å². The lowest BCUT2D eigenvalue weighted by atomic mass is 9.95. The van der Waals surface area contributed by atoms with Crippen molar-refractivity contribution in [2.45, 2.75) is 19.8 Å². The number of carbonyl (C=O) groups is 2. The Morgan fingerprint density at radius 1 is 1.09 bits per heavy atom. The average Bonchev–Trinajstić information content (AvgIpc) is 2.84. The van der Waals surface area contributed by atoms with E-state index in [1.54, 1.807) is 12.0 Å². The van der Waals surface area contributed by atoms with Crippen molar-refractivity contribution in [3.63, 3.8) is 0 Å². The summed E-state index contributed by atoms with van der Waals surface area (Å²) in [5.41, 5.74) is 2.12. The van der Waals surface area contributed by atoms with Gasteiger partial charge in [-0.2, -0.15) is 0 Å². The molecule has 32 heavy (non-hydrogen) atoms. The first kappa shape index (κ1) is 21.7. The predicted molar refractivity (Wildman–Crippen MR) is 122 cm³/mol. The molecule has 2 aromatic rings. The van der Waals surface area contributed by atoms with Crippen LogP contribution in [0.1, 0.15) is 25.3 Å². The van der Waals surface area contributed by atoms with Crippen molar-refractivity contribution >= 4 is 23.6 Å². The lowest BCUT2D eigenvalue weighted by Crippen LogP contribution is -2.42. The Labute approximate surface area is 188 Å². The summed E-state index contributed by atoms with van der Waals surface area (Å²) >= 11 is 0. The van der Waals surface area contributed by atoms with Crippen LogP contribution in [0.5, 0.6) is 17.2 Å². The molecule has 1 fully saturated rings. The number of amides is 2. The molecule has 2 aliphatic rings. The molecule has 1 N–H and O–H groups in total. The molecule has 2 amide bonds. The maximum absolute atomic E-state index is 13.1. The van der Waals surface area contributed by atoms with Gasteiger partial charge in [0.05, 0.1) is 25.0 Å². The molecular weight excluding hydrogens is 408 g/mol. The molecule has 7 nitrogen and oxygen atoms in total. The zero-order chi connectivity index (χ0) is 22.5. The van der Waals surface area contributed by atoms with Gasteiger partial charge >= 0.3 is 0 Å². The summed E-state index contributed by atoms with van der Waals surface area (Å²) in [4.78, 5) is 27.6. The normalized spacial score (nSPS) is 15.8. The molecule has 2 aliphatic heterocycles. The maximum Gasteiger partial charge on any atom is 0.253 e. The van der Waals surface area contributed by atoms with Crippen molar-refractivity contribution in [1.29, 1.82) is 0 Å². The number of hydrogen-bond acceptors (Lipinski definition) is 5. The number of piperidine rings is 1. The van der Waals surface area contributed by atoms with Gasteiger partial charge in [-0.3, -0.25) is 9.59 Å². The van der Waals surface area contributed by atoms with Crippen LogP contribution in [-0.2, 0) is 9.59 Å². The van der Waals surface area contributed by atoms with E-state index in [9.17, 15) is 9.59 Å². The predicted octanol–water partition coefficient (Wildman–Crippen LogP) is 3.75. The molecule has 0 spiro atoms. The van der Waals surface area contributed by atoms with Crippen LogP contribution < -0.4 is 19.5 Å². The number of carbonyl (C=O) groups excluding carboxylic acids is 2. The van der Waals surface area contributed by atoms with Gasteiger partial charge < -0.3 is 24.4 Å². The Balaban J connectivity index is 1.37. The van der Waals surface area contributed by atoms with Gasteiger partial charge in [0, 0.05) is 24.6 Å². The molecule has 2 heterocycles. The SMILES string of the molecule is CCOc1cccc2c1OCC(C(=O)N1CCC(C(=O)Nc3ccccc3OC)CC1)=C2. The Morgan fingerprint density at radius 3 is 2.59 bits per heavy atom. The Kier molecular flexibility index (Phi) is 6.63. The molecular formula is C25H28N2O5. The lowest BCUT2D eigenvalue weighted by molar-refractivity contribution is -0.131. The molecule has 0 atom stereocenters. The highest BCUT2D eigenvalue weighted by Crippen LogP contribution is 2.36. The second-order valence-electron chi connectivity index (χ2n) is 7.82. The zero-order valence-electron chi connectivity index (χ0n) is 18.4. The van der Waals surface area contributed by atoms with Crippen molar-refractivity contribution in [1.82, 2.24) is 4.90 Å². The summed E-state index contributed by atoms with van der Waals surface area (Å²) < 4.78 is 16.8. The van der Waals surface area contributed by atoms with Crippen LogP contribution in [0, 0.1) is 5.92 Å². The Bertz CT molecular complexity index is 1020. The summed E-state index contributed by atoms with van der Waals surface area (Å²) in [6.07, 6.45) is 3.11. The number of likely N-dealkylation sites (tertiary alicyclic amines) is 1. The molecule has 168 valence electrons. The van der Waals surface area contributed by atoms with Gasteiger partial charge in [0.1, 0.15) is 12.4 Å². The van der Waals surface area contributed by atoms with Crippen molar-refractivity contribution in [3.8, 4) is 17.2 Å². The van der Waals surface area contributed by atoms with Gasteiger partial charge in [-0.1, -0.05) is 24.3 Å². The highest BCUT2D eigenvalue weighted by atomic mass is 16.5. The fourth-order valence-corrected chi connectivity index (χ4v) is 4.10. The summed E-state index contributed by atoms with van der Waals surface area (Å²) in [6, 6.07) is 13.0. The van der Waals surface area contributed by atoms with Crippen LogP contribution in [0.4, 0.5) is 5.69 Å². The minimum Gasteiger partial charge on any atom is -0.495 e. The van der Waals surface area contributed by atoms with Crippen LogP contribution in [-0.4, -0.2) is 50.1 Å². The number of ether oxygens (including phenoxy) is 3. The van der Waals surface area contributed by atoms with Crippen LogP contribution in [0.2, 0.25) is 0 Å². The third-order valence-corrected chi connectivity index (χ3v) is 5.80. The fourth-order valence-electron chi connectivity index (χ4n) is 4.10. The van der Waals surface area contributed by atoms with Gasteiger partial charge in [-0.15, -0.1) is 0 Å². The van der Waals surface area contributed by atoms with E-state index in [2.05, 4.69) is 5.32 Å². The highest BCUT2D eigenvalue weighted by molar-refractivity contribution is 5.99. The molecule has 0 aromatic heterocycles. The molecule has 0 saturated carbocycles. The summed E-state index contributed by atoms with van der Waals surface area (Å²) in [5, 5.41) is 2.95. The largest absolute Gasteiger partial charge is 0.495 e. The third kappa shape index (κ3) is 4.56.